The summed E-state index contributed by atoms with van der Waals surface area (Å²) in [6, 6.07) is 19.7. The van der Waals surface area contributed by atoms with Gasteiger partial charge in [-0.3, -0.25) is 4.79 Å². The molecule has 0 bridgehead atoms. The van der Waals surface area contributed by atoms with E-state index >= 15 is 0 Å². The lowest BCUT2D eigenvalue weighted by Crippen LogP contribution is -2.31. The summed E-state index contributed by atoms with van der Waals surface area (Å²) in [7, 11) is 0. The van der Waals surface area contributed by atoms with Crippen LogP contribution in [0.5, 0.6) is 0 Å². The van der Waals surface area contributed by atoms with Crippen LogP contribution >= 0.6 is 0 Å². The Hall–Kier alpha value is -2.95. The topological polar surface area (TPSA) is 68.0 Å². The van der Waals surface area contributed by atoms with Crippen LogP contribution < -0.4 is 5.32 Å². The van der Waals surface area contributed by atoms with Crippen molar-refractivity contribution >= 4 is 5.91 Å². The van der Waals surface area contributed by atoms with Crippen molar-refractivity contribution in [2.45, 2.75) is 32.7 Å². The van der Waals surface area contributed by atoms with E-state index < -0.39 is 0 Å². The molecule has 1 heterocycles. The molecule has 3 rings (SSSR count). The molecule has 0 aliphatic rings. The molecule has 134 valence electrons. The van der Waals surface area contributed by atoms with Gasteiger partial charge in [0, 0.05) is 18.4 Å². The quantitative estimate of drug-likeness (QED) is 0.695. The molecule has 1 unspecified atom stereocenters. The third-order valence-electron chi connectivity index (χ3n) is 4.21. The fourth-order valence-electron chi connectivity index (χ4n) is 2.82. The minimum atomic E-state index is -0.0213. The van der Waals surface area contributed by atoms with E-state index in [9.17, 15) is 4.79 Å². The second-order valence-electron chi connectivity index (χ2n) is 6.58. The Kier molecular flexibility index (Phi) is 5.79. The number of amides is 1. The van der Waals surface area contributed by atoms with Gasteiger partial charge in [0.2, 0.25) is 17.6 Å². The van der Waals surface area contributed by atoms with Crippen LogP contribution in [0, 0.1) is 5.92 Å². The van der Waals surface area contributed by atoms with Crippen molar-refractivity contribution < 1.29 is 9.32 Å². The van der Waals surface area contributed by atoms with Crippen molar-refractivity contribution in [3.8, 4) is 11.4 Å². The van der Waals surface area contributed by atoms with Gasteiger partial charge in [0.05, 0.1) is 6.04 Å². The summed E-state index contributed by atoms with van der Waals surface area (Å²) in [5.74, 6) is 1.30. The standard InChI is InChI=1S/C21H23N3O2/c1-15(2)20(16-9-5-3-6-10-16)22-18(25)13-14-19-23-21(24-26-19)17-11-7-4-8-12-17/h3-12,15,20H,13-14H2,1-2H3,(H,22,25). The predicted molar refractivity (Wildman–Crippen MR) is 100 cm³/mol. The summed E-state index contributed by atoms with van der Waals surface area (Å²) >= 11 is 0. The van der Waals surface area contributed by atoms with Crippen LogP contribution in [0.3, 0.4) is 0 Å². The molecule has 0 aliphatic carbocycles. The smallest absolute Gasteiger partial charge is 0.227 e. The number of hydrogen-bond donors (Lipinski definition) is 1. The number of carbonyl (C=O) groups is 1. The van der Waals surface area contributed by atoms with E-state index in [0.717, 1.165) is 11.1 Å². The maximum absolute atomic E-state index is 12.4. The lowest BCUT2D eigenvalue weighted by atomic mass is 9.96. The SMILES string of the molecule is CC(C)C(NC(=O)CCc1nc(-c2ccccc2)no1)c1ccccc1. The zero-order chi connectivity index (χ0) is 18.4. The van der Waals surface area contributed by atoms with Crippen LogP contribution in [0.15, 0.2) is 65.2 Å². The van der Waals surface area contributed by atoms with Crippen molar-refractivity contribution in [1.82, 2.24) is 15.5 Å². The molecule has 0 saturated carbocycles. The molecule has 0 saturated heterocycles. The van der Waals surface area contributed by atoms with E-state index in [0.29, 0.717) is 30.5 Å². The molecule has 0 aliphatic heterocycles. The number of nitrogens with one attached hydrogen (secondary N) is 1. The summed E-state index contributed by atoms with van der Waals surface area (Å²) < 4.78 is 5.27. The predicted octanol–water partition coefficient (Wildman–Crippen LogP) is 4.18. The molecule has 0 spiro atoms. The molecular weight excluding hydrogens is 326 g/mol. The monoisotopic (exact) mass is 349 g/mol. The molecule has 1 N–H and O–H groups in total. The molecule has 1 aromatic heterocycles. The fraction of sp³-hybridized carbons (Fsp3) is 0.286. The Bertz CT molecular complexity index is 829. The molecule has 5 nitrogen and oxygen atoms in total. The van der Waals surface area contributed by atoms with Crippen molar-refractivity contribution in [3.63, 3.8) is 0 Å². The number of hydrogen-bond acceptors (Lipinski definition) is 4. The first-order valence-electron chi connectivity index (χ1n) is 8.86. The molecule has 5 heteroatoms. The number of carbonyl (C=O) groups excluding carboxylic acids is 1. The highest BCUT2D eigenvalue weighted by molar-refractivity contribution is 5.76. The number of benzene rings is 2. The van der Waals surface area contributed by atoms with Crippen LogP contribution in [0.1, 0.15) is 37.8 Å². The third-order valence-corrected chi connectivity index (χ3v) is 4.21. The van der Waals surface area contributed by atoms with Gasteiger partial charge in [-0.25, -0.2) is 0 Å². The molecule has 26 heavy (non-hydrogen) atoms. The van der Waals surface area contributed by atoms with E-state index in [2.05, 4.69) is 29.3 Å². The van der Waals surface area contributed by atoms with Crippen molar-refractivity contribution in [3.05, 3.63) is 72.1 Å². The normalized spacial score (nSPS) is 12.1. The zero-order valence-corrected chi connectivity index (χ0v) is 15.1. The van der Waals surface area contributed by atoms with Crippen LogP contribution in [0.25, 0.3) is 11.4 Å². The van der Waals surface area contributed by atoms with Crippen molar-refractivity contribution in [1.29, 1.82) is 0 Å². The van der Waals surface area contributed by atoms with E-state index in [-0.39, 0.29) is 11.9 Å². The summed E-state index contributed by atoms with van der Waals surface area (Å²) in [6.07, 6.45) is 0.734. The van der Waals surface area contributed by atoms with E-state index in [1.54, 1.807) is 0 Å². The molecule has 2 aromatic carbocycles. The average molecular weight is 349 g/mol. The first kappa shape index (κ1) is 17.9. The van der Waals surface area contributed by atoms with Gasteiger partial charge in [-0.2, -0.15) is 4.98 Å². The summed E-state index contributed by atoms with van der Waals surface area (Å²) in [5, 5.41) is 7.10. The lowest BCUT2D eigenvalue weighted by molar-refractivity contribution is -0.122. The minimum absolute atomic E-state index is 0.00809. The third kappa shape index (κ3) is 4.57. The Balaban J connectivity index is 1.58. The number of aryl methyl sites for hydroxylation is 1. The van der Waals surface area contributed by atoms with Crippen LogP contribution in [0.2, 0.25) is 0 Å². The summed E-state index contributed by atoms with van der Waals surface area (Å²) in [4.78, 5) is 16.7. The van der Waals surface area contributed by atoms with E-state index in [1.165, 1.54) is 0 Å². The zero-order valence-electron chi connectivity index (χ0n) is 15.1. The van der Waals surface area contributed by atoms with Gasteiger partial charge in [-0.1, -0.05) is 79.7 Å². The van der Waals surface area contributed by atoms with Gasteiger partial charge < -0.3 is 9.84 Å². The number of rotatable bonds is 7. The highest BCUT2D eigenvalue weighted by atomic mass is 16.5. The van der Waals surface area contributed by atoms with Gasteiger partial charge in [-0.05, 0) is 11.5 Å². The maximum Gasteiger partial charge on any atom is 0.227 e. The maximum atomic E-state index is 12.4. The van der Waals surface area contributed by atoms with Gasteiger partial charge >= 0.3 is 0 Å². The average Bonchev–Trinajstić information content (AvgIpc) is 3.15. The Morgan fingerprint density at radius 3 is 2.35 bits per heavy atom. The summed E-state index contributed by atoms with van der Waals surface area (Å²) in [5.41, 5.74) is 2.01. The van der Waals surface area contributed by atoms with Crippen LogP contribution in [-0.2, 0) is 11.2 Å². The van der Waals surface area contributed by atoms with Crippen LogP contribution in [0.4, 0.5) is 0 Å². The summed E-state index contributed by atoms with van der Waals surface area (Å²) in [6.45, 7) is 4.20. The Morgan fingerprint density at radius 1 is 1.04 bits per heavy atom. The lowest BCUT2D eigenvalue weighted by Gasteiger charge is -2.22. The van der Waals surface area contributed by atoms with Gasteiger partial charge in [-0.15, -0.1) is 0 Å². The second kappa shape index (κ2) is 8.43. The van der Waals surface area contributed by atoms with Gasteiger partial charge in [0.1, 0.15) is 0 Å². The molecule has 0 radical (unpaired) electrons. The molecule has 1 atom stereocenters. The molecule has 1 amide bonds. The highest BCUT2D eigenvalue weighted by Crippen LogP contribution is 2.21. The number of nitrogens with zero attached hydrogens (tertiary/aromatic N) is 2. The highest BCUT2D eigenvalue weighted by Gasteiger charge is 2.18. The first-order chi connectivity index (χ1) is 12.6. The molecule has 3 aromatic rings. The van der Waals surface area contributed by atoms with E-state index in [4.69, 9.17) is 4.52 Å². The van der Waals surface area contributed by atoms with Crippen molar-refractivity contribution in [2.24, 2.45) is 5.92 Å². The van der Waals surface area contributed by atoms with Crippen molar-refractivity contribution in [2.75, 3.05) is 0 Å². The Labute approximate surface area is 153 Å². The number of aromatic nitrogens is 2. The molecule has 0 fully saturated rings. The minimum Gasteiger partial charge on any atom is -0.349 e. The molecular formula is C21H23N3O2. The largest absolute Gasteiger partial charge is 0.349 e. The fourth-order valence-corrected chi connectivity index (χ4v) is 2.82. The van der Waals surface area contributed by atoms with Gasteiger partial charge in [0.15, 0.2) is 0 Å². The Morgan fingerprint density at radius 2 is 1.69 bits per heavy atom. The van der Waals surface area contributed by atoms with Crippen LogP contribution in [-0.4, -0.2) is 16.0 Å². The van der Waals surface area contributed by atoms with Gasteiger partial charge in [0.25, 0.3) is 0 Å². The second-order valence-corrected chi connectivity index (χ2v) is 6.58. The van der Waals surface area contributed by atoms with E-state index in [1.807, 2.05) is 60.7 Å². The first-order valence-corrected chi connectivity index (χ1v) is 8.86.